The summed E-state index contributed by atoms with van der Waals surface area (Å²) in [5, 5.41) is 18.9. The smallest absolute Gasteiger partial charge is 0.417 e. The maximum Gasteiger partial charge on any atom is 0.417 e. The minimum absolute atomic E-state index is 0.509. The lowest BCUT2D eigenvalue weighted by atomic mass is 10.3. The fourth-order valence-electron chi connectivity index (χ4n) is 0.984. The molecule has 0 aromatic heterocycles. The van der Waals surface area contributed by atoms with E-state index < -0.39 is 41.1 Å². The monoisotopic (exact) mass is 269 g/mol. The molecule has 0 saturated heterocycles. The van der Waals surface area contributed by atoms with Gasteiger partial charge in [0.25, 0.3) is 5.69 Å². The number of benzene rings is 1. The molecule has 0 saturated carbocycles. The van der Waals surface area contributed by atoms with Gasteiger partial charge in [-0.1, -0.05) is 0 Å². The maximum absolute atomic E-state index is 13.2. The first-order chi connectivity index (χ1) is 8.21. The van der Waals surface area contributed by atoms with Crippen molar-refractivity contribution in [3.63, 3.8) is 0 Å². The van der Waals surface area contributed by atoms with Crippen LogP contribution in [0.3, 0.4) is 0 Å². The van der Waals surface area contributed by atoms with Crippen LogP contribution in [-0.2, 0) is 0 Å². The predicted molar refractivity (Wildman–Crippen MR) is 50.6 cm³/mol. The summed E-state index contributed by atoms with van der Waals surface area (Å²) in [7, 11) is 0. The summed E-state index contributed by atoms with van der Waals surface area (Å²) in [5.41, 5.74) is -0.559. The van der Waals surface area contributed by atoms with E-state index in [1.807, 2.05) is 0 Å². The number of nitrogens with zero attached hydrogens (tertiary/aromatic N) is 1. The zero-order chi connectivity index (χ0) is 13.9. The van der Waals surface area contributed by atoms with Crippen molar-refractivity contribution in [1.82, 2.24) is 0 Å². The van der Waals surface area contributed by atoms with Crippen molar-refractivity contribution in [1.29, 1.82) is 0 Å². The Morgan fingerprint density at radius 1 is 1.44 bits per heavy atom. The molecule has 0 fully saturated rings. The second-order valence-corrected chi connectivity index (χ2v) is 3.24. The van der Waals surface area contributed by atoms with Crippen LogP contribution < -0.4 is 4.74 Å². The van der Waals surface area contributed by atoms with Crippen molar-refractivity contribution >= 4 is 5.69 Å². The number of hydrogen-bond acceptors (Lipinski definition) is 4. The van der Waals surface area contributed by atoms with Gasteiger partial charge < -0.3 is 9.84 Å². The molecule has 0 aliphatic rings. The first kappa shape index (κ1) is 14.2. The van der Waals surface area contributed by atoms with E-state index in [4.69, 9.17) is 5.11 Å². The van der Waals surface area contributed by atoms with Crippen molar-refractivity contribution < 1.29 is 32.3 Å². The molecule has 0 amide bonds. The molecule has 0 bridgehead atoms. The van der Waals surface area contributed by atoms with Crippen molar-refractivity contribution in [3.05, 3.63) is 34.1 Å². The summed E-state index contributed by atoms with van der Waals surface area (Å²) in [6.07, 6.45) is -7.64. The third kappa shape index (κ3) is 3.55. The van der Waals surface area contributed by atoms with E-state index in [9.17, 15) is 27.7 Å². The van der Waals surface area contributed by atoms with Gasteiger partial charge in [-0.15, -0.1) is 0 Å². The first-order valence-electron chi connectivity index (χ1n) is 4.53. The quantitative estimate of drug-likeness (QED) is 0.515. The molecule has 5 nitrogen and oxygen atoms in total. The van der Waals surface area contributed by atoms with Gasteiger partial charge in [0.2, 0.25) is 0 Å². The number of hydrogen-bond donors (Lipinski definition) is 1. The highest BCUT2D eigenvalue weighted by molar-refractivity contribution is 5.37. The minimum Gasteiger partial charge on any atom is -0.487 e. The Labute approximate surface area is 97.7 Å². The van der Waals surface area contributed by atoms with Gasteiger partial charge in [0.1, 0.15) is 6.61 Å². The third-order valence-corrected chi connectivity index (χ3v) is 1.90. The zero-order valence-electron chi connectivity index (χ0n) is 8.65. The number of rotatable bonds is 4. The van der Waals surface area contributed by atoms with Gasteiger partial charge in [0.15, 0.2) is 17.7 Å². The summed E-state index contributed by atoms with van der Waals surface area (Å²) >= 11 is 0. The van der Waals surface area contributed by atoms with Crippen molar-refractivity contribution in [3.8, 4) is 5.75 Å². The van der Waals surface area contributed by atoms with E-state index in [0.29, 0.717) is 6.07 Å². The lowest BCUT2D eigenvalue weighted by Gasteiger charge is -2.15. The average molecular weight is 269 g/mol. The molecule has 1 rings (SSSR count). The lowest BCUT2D eigenvalue weighted by Crippen LogP contribution is -2.34. The largest absolute Gasteiger partial charge is 0.487 e. The number of aliphatic hydroxyl groups is 1. The molecular weight excluding hydrogens is 262 g/mol. The van der Waals surface area contributed by atoms with Crippen molar-refractivity contribution in [2.24, 2.45) is 0 Å². The lowest BCUT2D eigenvalue weighted by molar-refractivity contribution is -0.385. The number of nitro groups is 1. The molecule has 0 unspecified atom stereocenters. The number of alkyl halides is 3. The number of halogens is 4. The summed E-state index contributed by atoms with van der Waals surface area (Å²) in [5.74, 6) is -1.79. The van der Waals surface area contributed by atoms with E-state index >= 15 is 0 Å². The maximum atomic E-state index is 13.2. The predicted octanol–water partition coefficient (Wildman–Crippen LogP) is 2.04. The molecule has 9 heteroatoms. The molecule has 1 N–H and O–H groups in total. The molecule has 0 aliphatic heterocycles. The van der Waals surface area contributed by atoms with E-state index in [1.165, 1.54) is 0 Å². The van der Waals surface area contributed by atoms with Gasteiger partial charge in [-0.2, -0.15) is 13.2 Å². The minimum atomic E-state index is -4.88. The second kappa shape index (κ2) is 5.17. The van der Waals surface area contributed by atoms with Gasteiger partial charge in [0.05, 0.1) is 11.0 Å². The van der Waals surface area contributed by atoms with Gasteiger partial charge in [-0.05, 0) is 6.07 Å². The van der Waals surface area contributed by atoms with Gasteiger partial charge >= 0.3 is 6.18 Å². The summed E-state index contributed by atoms with van der Waals surface area (Å²) in [6.45, 7) is -1.20. The molecule has 1 atom stereocenters. The zero-order valence-corrected chi connectivity index (χ0v) is 8.65. The number of aliphatic hydroxyl groups excluding tert-OH is 1. The van der Waals surface area contributed by atoms with E-state index in [2.05, 4.69) is 4.74 Å². The fourth-order valence-corrected chi connectivity index (χ4v) is 0.984. The standard InChI is InChI=1S/C9H7F4NO4/c10-6-3-5(14(16)17)1-2-7(6)18-4-8(15)9(11,12)13/h1-3,8,15H,4H2/t8-/m0/s1. The normalized spacial score (nSPS) is 13.2. The second-order valence-electron chi connectivity index (χ2n) is 3.24. The first-order valence-corrected chi connectivity index (χ1v) is 4.53. The van der Waals surface area contributed by atoms with Crippen LogP contribution in [0.15, 0.2) is 18.2 Å². The Kier molecular flexibility index (Phi) is 4.07. The molecule has 0 radical (unpaired) electrons. The van der Waals surface area contributed by atoms with Gasteiger partial charge in [-0.3, -0.25) is 10.1 Å². The van der Waals surface area contributed by atoms with Crippen molar-refractivity contribution in [2.45, 2.75) is 12.3 Å². The van der Waals surface area contributed by atoms with E-state index in [-0.39, 0.29) is 0 Å². The molecule has 1 aromatic rings. The van der Waals surface area contributed by atoms with Crippen LogP contribution in [0.5, 0.6) is 5.75 Å². The Morgan fingerprint density at radius 3 is 2.50 bits per heavy atom. The Bertz CT molecular complexity index is 449. The highest BCUT2D eigenvalue weighted by atomic mass is 19.4. The fraction of sp³-hybridized carbons (Fsp3) is 0.333. The molecule has 0 heterocycles. The number of nitro benzene ring substituents is 1. The van der Waals surface area contributed by atoms with Crippen LogP contribution in [0.25, 0.3) is 0 Å². The Morgan fingerprint density at radius 2 is 2.06 bits per heavy atom. The van der Waals surface area contributed by atoms with Gasteiger partial charge in [0, 0.05) is 6.07 Å². The summed E-state index contributed by atoms with van der Waals surface area (Å²) < 4.78 is 53.3. The van der Waals surface area contributed by atoms with E-state index in [0.717, 1.165) is 12.1 Å². The molecule has 18 heavy (non-hydrogen) atoms. The molecule has 0 aliphatic carbocycles. The van der Waals surface area contributed by atoms with Crippen LogP contribution in [0.4, 0.5) is 23.2 Å². The van der Waals surface area contributed by atoms with Crippen LogP contribution in [0.1, 0.15) is 0 Å². The third-order valence-electron chi connectivity index (χ3n) is 1.90. The SMILES string of the molecule is O=[N+]([O-])c1ccc(OC[C@H](O)C(F)(F)F)c(F)c1. The molecule has 1 aromatic carbocycles. The molecule has 0 spiro atoms. The Balaban J connectivity index is 2.72. The molecular formula is C9H7F4NO4. The van der Waals surface area contributed by atoms with Gasteiger partial charge in [-0.25, -0.2) is 4.39 Å². The number of non-ortho nitro benzene ring substituents is 1. The summed E-state index contributed by atoms with van der Waals surface area (Å²) in [6, 6.07) is 2.20. The average Bonchev–Trinajstić information content (AvgIpc) is 2.25. The Hall–Kier alpha value is -1.90. The highest BCUT2D eigenvalue weighted by Gasteiger charge is 2.38. The van der Waals surface area contributed by atoms with E-state index in [1.54, 1.807) is 0 Å². The van der Waals surface area contributed by atoms with Crippen LogP contribution in [0, 0.1) is 15.9 Å². The summed E-state index contributed by atoms with van der Waals surface area (Å²) in [4.78, 5) is 9.41. The van der Waals surface area contributed by atoms with Crippen LogP contribution >= 0.6 is 0 Å². The number of ether oxygens (including phenoxy) is 1. The van der Waals surface area contributed by atoms with Crippen LogP contribution in [0.2, 0.25) is 0 Å². The topological polar surface area (TPSA) is 72.6 Å². The van der Waals surface area contributed by atoms with Crippen LogP contribution in [-0.4, -0.2) is 28.9 Å². The highest BCUT2D eigenvalue weighted by Crippen LogP contribution is 2.25. The van der Waals surface area contributed by atoms with Crippen molar-refractivity contribution in [2.75, 3.05) is 6.61 Å². The molecule has 100 valence electrons.